The van der Waals surface area contributed by atoms with Crippen LogP contribution in [0.25, 0.3) is 11.6 Å². The summed E-state index contributed by atoms with van der Waals surface area (Å²) in [5.74, 6) is -0.644. The summed E-state index contributed by atoms with van der Waals surface area (Å²) in [6.45, 7) is 1.98. The van der Waals surface area contributed by atoms with Crippen LogP contribution in [-0.4, -0.2) is 18.1 Å². The number of anilines is 2. The third-order valence-corrected chi connectivity index (χ3v) is 6.45. The largest absolute Gasteiger partial charge is 0.397 e. The second-order valence-corrected chi connectivity index (χ2v) is 9.37. The number of hydrogen-bond donors (Lipinski definition) is 3. The maximum atomic E-state index is 11.9. The summed E-state index contributed by atoms with van der Waals surface area (Å²) in [5, 5.41) is 3.29. The highest BCUT2D eigenvalue weighted by molar-refractivity contribution is 7.98. The summed E-state index contributed by atoms with van der Waals surface area (Å²) in [6.07, 6.45) is 3.77. The zero-order chi connectivity index (χ0) is 26.8. The lowest BCUT2D eigenvalue weighted by molar-refractivity contribution is -0.112. The molecule has 4 aromatic rings. The number of primary amides is 1. The fourth-order valence-electron chi connectivity index (χ4n) is 3.34. The van der Waals surface area contributed by atoms with Gasteiger partial charge in [0.15, 0.2) is 0 Å². The quantitative estimate of drug-likeness (QED) is 0.109. The van der Waals surface area contributed by atoms with Crippen molar-refractivity contribution in [3.05, 3.63) is 124 Å². The third-order valence-electron chi connectivity index (χ3n) is 5.38. The molecular formula is C30H28ClN3O2S. The first-order valence-corrected chi connectivity index (χ1v) is 13.0. The summed E-state index contributed by atoms with van der Waals surface area (Å²) < 4.78 is 0. The summed E-state index contributed by atoms with van der Waals surface area (Å²) in [7, 11) is 0. The molecule has 0 aliphatic rings. The molecule has 0 unspecified atom stereocenters. The maximum Gasteiger partial charge on any atom is 0.255 e. The molecule has 5 N–H and O–H groups in total. The molecule has 0 heterocycles. The van der Waals surface area contributed by atoms with Crippen LogP contribution in [0.1, 0.15) is 27.0 Å². The molecule has 188 valence electrons. The number of halogens is 1. The van der Waals surface area contributed by atoms with Crippen molar-refractivity contribution >= 4 is 58.2 Å². The van der Waals surface area contributed by atoms with Crippen LogP contribution < -0.4 is 16.8 Å². The number of carbonyl (C=O) groups is 2. The van der Waals surface area contributed by atoms with Crippen molar-refractivity contribution < 1.29 is 9.59 Å². The number of hydrogen-bond acceptors (Lipinski definition) is 4. The van der Waals surface area contributed by atoms with Crippen LogP contribution in [0, 0.1) is 6.92 Å². The van der Waals surface area contributed by atoms with E-state index in [2.05, 4.69) is 5.32 Å². The lowest BCUT2D eigenvalue weighted by atomic mass is 10.0. The number of aryl methyl sites for hydroxylation is 1. The normalized spacial score (nSPS) is 10.7. The Morgan fingerprint density at radius 1 is 0.865 bits per heavy atom. The van der Waals surface area contributed by atoms with Crippen LogP contribution >= 0.6 is 23.4 Å². The standard InChI is InChI=1S/C16H14ClNOS.C14H14N2O/c1-20-12-8-6-11(7-9-12)10-14(16(18)19)13-4-2-3-5-15(13)17;1-10-6-8-11(9-7-10)14(17)16-13-5-3-2-4-12(13)15/h2-10H,1H3,(H2,18,19);2-9H,15H2,1H3,(H,16,17)/b14-10+;. The minimum atomic E-state index is -0.493. The predicted octanol–water partition coefficient (Wildman–Crippen LogP) is 6.92. The molecular weight excluding hydrogens is 502 g/mol. The van der Waals surface area contributed by atoms with E-state index in [1.54, 1.807) is 54.2 Å². The highest BCUT2D eigenvalue weighted by atomic mass is 35.5. The highest BCUT2D eigenvalue weighted by Gasteiger charge is 2.11. The number of nitrogen functional groups attached to an aromatic ring is 1. The van der Waals surface area contributed by atoms with Crippen molar-refractivity contribution in [2.45, 2.75) is 11.8 Å². The molecule has 2 amide bonds. The molecule has 4 aromatic carbocycles. The number of carbonyl (C=O) groups excluding carboxylic acids is 2. The molecule has 37 heavy (non-hydrogen) atoms. The van der Waals surface area contributed by atoms with Crippen LogP contribution in [0.4, 0.5) is 11.4 Å². The summed E-state index contributed by atoms with van der Waals surface area (Å²) in [4.78, 5) is 24.7. The number of rotatable bonds is 6. The second kappa shape index (κ2) is 13.3. The molecule has 0 radical (unpaired) electrons. The van der Waals surface area contributed by atoms with E-state index >= 15 is 0 Å². The van der Waals surface area contributed by atoms with Crippen molar-refractivity contribution in [3.63, 3.8) is 0 Å². The fourth-order valence-corrected chi connectivity index (χ4v) is 3.98. The van der Waals surface area contributed by atoms with Crippen LogP contribution in [0.5, 0.6) is 0 Å². The molecule has 0 aliphatic heterocycles. The van der Waals surface area contributed by atoms with Crippen molar-refractivity contribution in [1.29, 1.82) is 0 Å². The molecule has 0 saturated heterocycles. The summed E-state index contributed by atoms with van der Waals surface area (Å²) in [6, 6.07) is 29.7. The van der Waals surface area contributed by atoms with Gasteiger partial charge in [-0.15, -0.1) is 11.8 Å². The van der Waals surface area contributed by atoms with Crippen molar-refractivity contribution in [3.8, 4) is 0 Å². The Labute approximate surface area is 226 Å². The highest BCUT2D eigenvalue weighted by Crippen LogP contribution is 2.26. The van der Waals surface area contributed by atoms with E-state index in [9.17, 15) is 9.59 Å². The van der Waals surface area contributed by atoms with Crippen LogP contribution in [0.3, 0.4) is 0 Å². The summed E-state index contributed by atoms with van der Waals surface area (Å²) >= 11 is 7.79. The average molecular weight is 530 g/mol. The van der Waals surface area contributed by atoms with Gasteiger partial charge in [0.05, 0.1) is 11.4 Å². The Morgan fingerprint density at radius 3 is 2.08 bits per heavy atom. The van der Waals surface area contributed by atoms with E-state index in [-0.39, 0.29) is 5.91 Å². The molecule has 5 nitrogen and oxygen atoms in total. The molecule has 0 aliphatic carbocycles. The predicted molar refractivity (Wildman–Crippen MR) is 157 cm³/mol. The van der Waals surface area contributed by atoms with Gasteiger partial charge in [-0.3, -0.25) is 9.59 Å². The molecule has 0 bridgehead atoms. The molecule has 0 spiro atoms. The Kier molecular flexibility index (Phi) is 9.95. The monoisotopic (exact) mass is 529 g/mol. The van der Waals surface area contributed by atoms with Crippen molar-refractivity contribution in [2.75, 3.05) is 17.3 Å². The van der Waals surface area contributed by atoms with Gasteiger partial charge < -0.3 is 16.8 Å². The maximum absolute atomic E-state index is 11.9. The SMILES string of the molecule is CSc1ccc(/C=C(/C(N)=O)c2ccccc2Cl)cc1.Cc1ccc(C(=O)Nc2ccccc2N)cc1. The van der Waals surface area contributed by atoms with Gasteiger partial charge in [0.1, 0.15) is 0 Å². The van der Waals surface area contributed by atoms with Crippen LogP contribution in [0.2, 0.25) is 5.02 Å². The van der Waals surface area contributed by atoms with Gasteiger partial charge in [-0.1, -0.05) is 71.8 Å². The number of thioether (sulfide) groups is 1. The number of amides is 2. The zero-order valence-electron chi connectivity index (χ0n) is 20.6. The smallest absolute Gasteiger partial charge is 0.255 e. The van der Waals surface area contributed by atoms with Crippen LogP contribution in [0.15, 0.2) is 102 Å². The Balaban J connectivity index is 0.000000208. The number of nitrogens with two attached hydrogens (primary N) is 2. The minimum Gasteiger partial charge on any atom is -0.397 e. The first-order valence-electron chi connectivity index (χ1n) is 11.4. The van der Waals surface area contributed by atoms with E-state index in [1.165, 1.54) is 4.90 Å². The molecule has 4 rings (SSSR count). The zero-order valence-corrected chi connectivity index (χ0v) is 22.1. The molecule has 7 heteroatoms. The van der Waals surface area contributed by atoms with E-state index in [1.807, 2.05) is 73.8 Å². The van der Waals surface area contributed by atoms with E-state index in [0.29, 0.717) is 33.1 Å². The van der Waals surface area contributed by atoms with Crippen LogP contribution in [-0.2, 0) is 4.79 Å². The van der Waals surface area contributed by atoms with E-state index in [0.717, 1.165) is 11.1 Å². The Bertz CT molecular complexity index is 1400. The molecule has 0 aromatic heterocycles. The van der Waals surface area contributed by atoms with Crippen molar-refractivity contribution in [1.82, 2.24) is 0 Å². The second-order valence-electron chi connectivity index (χ2n) is 8.08. The molecule has 0 saturated carbocycles. The number of benzene rings is 4. The minimum absolute atomic E-state index is 0.150. The van der Waals surface area contributed by atoms with Gasteiger partial charge >= 0.3 is 0 Å². The van der Waals surface area contributed by atoms with Gasteiger partial charge in [-0.05, 0) is 67.3 Å². The van der Waals surface area contributed by atoms with Gasteiger partial charge in [0.25, 0.3) is 5.91 Å². The van der Waals surface area contributed by atoms with Gasteiger partial charge in [-0.25, -0.2) is 0 Å². The Hall–Kier alpha value is -4.00. The lowest BCUT2D eigenvalue weighted by Crippen LogP contribution is -2.13. The topological polar surface area (TPSA) is 98.2 Å². The van der Waals surface area contributed by atoms with Gasteiger partial charge in [0, 0.05) is 26.6 Å². The van der Waals surface area contributed by atoms with Gasteiger partial charge in [0.2, 0.25) is 5.91 Å². The van der Waals surface area contributed by atoms with Crippen molar-refractivity contribution in [2.24, 2.45) is 5.73 Å². The fraction of sp³-hybridized carbons (Fsp3) is 0.0667. The summed E-state index contributed by atoms with van der Waals surface area (Å²) in [5.41, 5.74) is 16.1. The molecule has 0 fully saturated rings. The first-order chi connectivity index (χ1) is 17.8. The lowest BCUT2D eigenvalue weighted by Gasteiger charge is -2.07. The number of nitrogens with one attached hydrogen (secondary N) is 1. The van der Waals surface area contributed by atoms with E-state index in [4.69, 9.17) is 23.1 Å². The molecule has 0 atom stereocenters. The van der Waals surface area contributed by atoms with E-state index < -0.39 is 5.91 Å². The average Bonchev–Trinajstić information content (AvgIpc) is 2.90. The van der Waals surface area contributed by atoms with Gasteiger partial charge in [-0.2, -0.15) is 0 Å². The Morgan fingerprint density at radius 2 is 1.49 bits per heavy atom. The third kappa shape index (κ3) is 8.00. The number of para-hydroxylation sites is 2. The first kappa shape index (κ1) is 27.6.